The maximum absolute atomic E-state index is 6.20. The molecule has 0 saturated heterocycles. The van der Waals surface area contributed by atoms with Crippen molar-refractivity contribution in [3.8, 4) is 11.5 Å². The van der Waals surface area contributed by atoms with Crippen LogP contribution in [0.3, 0.4) is 0 Å². The van der Waals surface area contributed by atoms with E-state index in [0.717, 1.165) is 40.4 Å². The summed E-state index contributed by atoms with van der Waals surface area (Å²) in [7, 11) is 0. The number of hydrazone groups is 1. The largest absolute Gasteiger partial charge is 0.489 e. The summed E-state index contributed by atoms with van der Waals surface area (Å²) in [6, 6.07) is 22.3. The number of ether oxygens (including phenoxy) is 2. The fourth-order valence-corrected chi connectivity index (χ4v) is 4.04. The third kappa shape index (κ3) is 5.94. The Bertz CT molecular complexity index is 1200. The second-order valence-electron chi connectivity index (χ2n) is 9.09. The molecule has 3 aromatic carbocycles. The maximum Gasteiger partial charge on any atom is 0.191 e. The van der Waals surface area contributed by atoms with E-state index in [1.54, 1.807) is 0 Å². The van der Waals surface area contributed by atoms with Crippen molar-refractivity contribution in [2.75, 3.05) is 5.32 Å². The fourth-order valence-electron chi connectivity index (χ4n) is 3.88. The van der Waals surface area contributed by atoms with Crippen molar-refractivity contribution in [3.05, 3.63) is 89.0 Å². The van der Waals surface area contributed by atoms with Gasteiger partial charge in [-0.1, -0.05) is 43.3 Å². The van der Waals surface area contributed by atoms with E-state index in [9.17, 15) is 0 Å². The molecule has 2 N–H and O–H groups in total. The first kappa shape index (κ1) is 23.8. The lowest BCUT2D eigenvalue weighted by molar-refractivity contribution is 0.111. The van der Waals surface area contributed by atoms with Crippen molar-refractivity contribution in [1.82, 2.24) is 5.43 Å². The molecule has 0 spiro atoms. The highest BCUT2D eigenvalue weighted by Gasteiger charge is 2.31. The minimum Gasteiger partial charge on any atom is -0.489 e. The number of fused-ring (bicyclic) bond motifs is 1. The molecule has 0 saturated carbocycles. The summed E-state index contributed by atoms with van der Waals surface area (Å²) in [6.45, 7) is 8.84. The van der Waals surface area contributed by atoms with Crippen LogP contribution in [0.15, 0.2) is 71.8 Å². The van der Waals surface area contributed by atoms with Gasteiger partial charge in [-0.2, -0.15) is 5.10 Å². The van der Waals surface area contributed by atoms with Crippen LogP contribution in [0.4, 0.5) is 5.69 Å². The summed E-state index contributed by atoms with van der Waals surface area (Å²) in [6.07, 6.45) is 1.65. The maximum atomic E-state index is 6.20. The number of nitrogens with one attached hydrogen (secondary N) is 2. The average molecular weight is 474 g/mol. The van der Waals surface area contributed by atoms with E-state index in [1.165, 1.54) is 11.1 Å². The van der Waals surface area contributed by atoms with Gasteiger partial charge in [0.05, 0.1) is 5.71 Å². The number of hydrogen-bond acceptors (Lipinski definition) is 4. The Kier molecular flexibility index (Phi) is 7.17. The molecule has 4 rings (SSSR count). The van der Waals surface area contributed by atoms with Gasteiger partial charge >= 0.3 is 0 Å². The molecule has 6 heteroatoms. The molecule has 3 aromatic rings. The van der Waals surface area contributed by atoms with Gasteiger partial charge in [-0.15, -0.1) is 0 Å². The van der Waals surface area contributed by atoms with Gasteiger partial charge in [-0.25, -0.2) is 0 Å². The first-order valence-electron chi connectivity index (χ1n) is 11.6. The molecule has 0 aromatic heterocycles. The van der Waals surface area contributed by atoms with Gasteiger partial charge in [0.25, 0.3) is 0 Å². The normalized spacial score (nSPS) is 15.2. The molecule has 1 heterocycles. The van der Waals surface area contributed by atoms with Gasteiger partial charge in [0.1, 0.15) is 23.7 Å². The highest BCUT2D eigenvalue weighted by Crippen LogP contribution is 2.35. The predicted molar refractivity (Wildman–Crippen MR) is 143 cm³/mol. The second kappa shape index (κ2) is 10.3. The molecule has 0 atom stereocenters. The topological polar surface area (TPSA) is 54.9 Å². The van der Waals surface area contributed by atoms with Crippen molar-refractivity contribution in [3.63, 3.8) is 0 Å². The summed E-state index contributed by atoms with van der Waals surface area (Å²) < 4.78 is 12.3. The van der Waals surface area contributed by atoms with Crippen LogP contribution in [0, 0.1) is 6.92 Å². The van der Waals surface area contributed by atoms with Crippen LogP contribution in [0.5, 0.6) is 11.5 Å². The Morgan fingerprint density at radius 3 is 2.59 bits per heavy atom. The number of aryl methyl sites for hydroxylation is 2. The second-order valence-corrected chi connectivity index (χ2v) is 9.49. The van der Waals surface area contributed by atoms with E-state index in [1.807, 2.05) is 42.5 Å². The van der Waals surface area contributed by atoms with E-state index in [0.29, 0.717) is 18.1 Å². The summed E-state index contributed by atoms with van der Waals surface area (Å²) in [5, 5.41) is 8.28. The third-order valence-electron chi connectivity index (χ3n) is 5.81. The number of benzene rings is 3. The van der Waals surface area contributed by atoms with Crippen LogP contribution < -0.4 is 20.2 Å². The van der Waals surface area contributed by atoms with E-state index in [4.69, 9.17) is 21.7 Å². The molecule has 0 aliphatic carbocycles. The van der Waals surface area contributed by atoms with E-state index in [2.05, 4.69) is 67.8 Å². The van der Waals surface area contributed by atoms with Crippen molar-refractivity contribution in [1.29, 1.82) is 0 Å². The zero-order valence-corrected chi connectivity index (χ0v) is 21.0. The van der Waals surface area contributed by atoms with Gasteiger partial charge < -0.3 is 14.8 Å². The lowest BCUT2D eigenvalue weighted by atomic mass is 9.92. The van der Waals surface area contributed by atoms with Crippen LogP contribution in [0.25, 0.3) is 0 Å². The first-order chi connectivity index (χ1) is 16.3. The summed E-state index contributed by atoms with van der Waals surface area (Å²) in [5.41, 5.74) is 8.99. The van der Waals surface area contributed by atoms with Crippen molar-refractivity contribution in [2.45, 2.75) is 52.7 Å². The van der Waals surface area contributed by atoms with Crippen LogP contribution in [0.1, 0.15) is 49.4 Å². The number of hydrogen-bond donors (Lipinski definition) is 2. The smallest absolute Gasteiger partial charge is 0.191 e. The molecule has 176 valence electrons. The van der Waals surface area contributed by atoms with E-state index >= 15 is 0 Å². The fraction of sp³-hybridized carbons (Fsp3) is 0.286. The summed E-state index contributed by atoms with van der Waals surface area (Å²) in [4.78, 5) is 0. The molecule has 0 bridgehead atoms. The third-order valence-corrected chi connectivity index (χ3v) is 6.00. The summed E-state index contributed by atoms with van der Waals surface area (Å²) >= 11 is 5.47. The average Bonchev–Trinajstić information content (AvgIpc) is 2.82. The standard InChI is InChI=1S/C28H31N3O2S/c1-5-20-10-12-22(13-11-20)29-27(34)31-30-25-17-28(3,4)33-26-15-14-23(16-24(25)26)32-18-21-9-7-6-8-19(21)2/h6-16H,5,17-18H2,1-4H3,(H2,29,31,34)/b30-25-. The molecule has 5 nitrogen and oxygen atoms in total. The van der Waals surface area contributed by atoms with Crippen molar-refractivity contribution < 1.29 is 9.47 Å². The number of nitrogens with zero attached hydrogens (tertiary/aromatic N) is 1. The molecule has 0 amide bonds. The number of thiocarbonyl (C=S) groups is 1. The molecule has 34 heavy (non-hydrogen) atoms. The van der Waals surface area contributed by atoms with Crippen molar-refractivity contribution >= 4 is 28.7 Å². The highest BCUT2D eigenvalue weighted by atomic mass is 32.1. The Labute approximate surface area is 207 Å². The Hall–Kier alpha value is -3.38. The quantitative estimate of drug-likeness (QED) is 0.321. The van der Waals surface area contributed by atoms with E-state index in [-0.39, 0.29) is 5.60 Å². The lowest BCUT2D eigenvalue weighted by Crippen LogP contribution is -2.37. The zero-order chi connectivity index (χ0) is 24.1. The number of anilines is 1. The zero-order valence-electron chi connectivity index (χ0n) is 20.1. The van der Waals surface area contributed by atoms with Gasteiger partial charge in [-0.3, -0.25) is 5.43 Å². The Morgan fingerprint density at radius 2 is 1.85 bits per heavy atom. The van der Waals surface area contributed by atoms with Crippen LogP contribution in [-0.4, -0.2) is 16.4 Å². The minimum absolute atomic E-state index is 0.373. The molecular formula is C28H31N3O2S. The molecule has 1 aliphatic rings. The SMILES string of the molecule is CCc1ccc(NC(=S)N/N=C2/CC(C)(C)Oc3ccc(OCc4ccccc4C)cc32)cc1. The molecule has 0 fully saturated rings. The Balaban J connectivity index is 1.49. The first-order valence-corrected chi connectivity index (χ1v) is 12.0. The van der Waals surface area contributed by atoms with Gasteiger partial charge in [0.15, 0.2) is 5.11 Å². The highest BCUT2D eigenvalue weighted by molar-refractivity contribution is 7.80. The van der Waals surface area contributed by atoms with Gasteiger partial charge in [0.2, 0.25) is 0 Å². The van der Waals surface area contributed by atoms with Crippen LogP contribution in [-0.2, 0) is 13.0 Å². The summed E-state index contributed by atoms with van der Waals surface area (Å²) in [5.74, 6) is 1.56. The predicted octanol–water partition coefficient (Wildman–Crippen LogP) is 6.39. The van der Waals surface area contributed by atoms with Gasteiger partial charge in [-0.05, 0) is 86.4 Å². The molecule has 0 unspecified atom stereocenters. The monoisotopic (exact) mass is 473 g/mol. The minimum atomic E-state index is -0.373. The van der Waals surface area contributed by atoms with Crippen LogP contribution in [0.2, 0.25) is 0 Å². The molecule has 1 aliphatic heterocycles. The molecule has 0 radical (unpaired) electrons. The van der Waals surface area contributed by atoms with Crippen LogP contribution >= 0.6 is 12.2 Å². The van der Waals surface area contributed by atoms with Crippen molar-refractivity contribution in [2.24, 2.45) is 5.10 Å². The lowest BCUT2D eigenvalue weighted by Gasteiger charge is -2.33. The van der Waals surface area contributed by atoms with E-state index < -0.39 is 0 Å². The number of rotatable bonds is 6. The Morgan fingerprint density at radius 1 is 1.09 bits per heavy atom. The van der Waals surface area contributed by atoms with Gasteiger partial charge in [0, 0.05) is 17.7 Å². The molecular weight excluding hydrogens is 442 g/mol.